The molecule has 0 atom stereocenters. The Kier molecular flexibility index (Phi) is 4.28. The highest BCUT2D eigenvalue weighted by Gasteiger charge is 2.01. The number of nitrogens with one attached hydrogen (secondary N) is 1. The Bertz CT molecular complexity index is 327. The number of para-hydroxylation sites is 2. The molecule has 0 aliphatic heterocycles. The summed E-state index contributed by atoms with van der Waals surface area (Å²) in [5.74, 6) is 1.24. The van der Waals surface area contributed by atoms with Gasteiger partial charge >= 0.3 is 6.09 Å². The van der Waals surface area contributed by atoms with Crippen LogP contribution in [0.25, 0.3) is 0 Å². The summed E-state index contributed by atoms with van der Waals surface area (Å²) in [5, 5.41) is 10.5. The zero-order chi connectivity index (χ0) is 11.1. The molecule has 0 spiro atoms. The Labute approximate surface area is 87.6 Å². The van der Waals surface area contributed by atoms with E-state index in [-0.39, 0.29) is 13.2 Å². The molecule has 0 saturated heterocycles. The summed E-state index contributed by atoms with van der Waals surface area (Å²) in [7, 11) is 1.55. The first-order valence-electron chi connectivity index (χ1n) is 4.46. The molecule has 0 aromatic heterocycles. The minimum absolute atomic E-state index is 0.243. The summed E-state index contributed by atoms with van der Waals surface area (Å²) in [6.07, 6.45) is -1.06. The lowest BCUT2D eigenvalue weighted by Gasteiger charge is -2.09. The average Bonchev–Trinajstić information content (AvgIpc) is 2.24. The van der Waals surface area contributed by atoms with Crippen LogP contribution in [-0.4, -0.2) is 31.5 Å². The molecule has 15 heavy (non-hydrogen) atoms. The summed E-state index contributed by atoms with van der Waals surface area (Å²) in [5.41, 5.74) is 0. The van der Waals surface area contributed by atoms with E-state index in [1.807, 2.05) is 12.1 Å². The quantitative estimate of drug-likeness (QED) is 0.721. The monoisotopic (exact) mass is 211 g/mol. The molecule has 0 heterocycles. The van der Waals surface area contributed by atoms with Gasteiger partial charge in [-0.25, -0.2) is 4.79 Å². The van der Waals surface area contributed by atoms with Crippen LogP contribution in [0.2, 0.25) is 0 Å². The van der Waals surface area contributed by atoms with Crippen LogP contribution in [0.5, 0.6) is 11.5 Å². The average molecular weight is 211 g/mol. The molecule has 0 aliphatic rings. The van der Waals surface area contributed by atoms with Gasteiger partial charge in [-0.05, 0) is 12.1 Å². The number of methoxy groups -OCH3 is 1. The van der Waals surface area contributed by atoms with Crippen molar-refractivity contribution in [2.45, 2.75) is 0 Å². The lowest BCUT2D eigenvalue weighted by molar-refractivity contribution is 0.191. The van der Waals surface area contributed by atoms with Crippen molar-refractivity contribution in [3.63, 3.8) is 0 Å². The van der Waals surface area contributed by atoms with Crippen molar-refractivity contribution < 1.29 is 19.4 Å². The molecular formula is C10H13NO4. The molecule has 1 aromatic rings. The number of ether oxygens (including phenoxy) is 2. The van der Waals surface area contributed by atoms with Gasteiger partial charge in [0.2, 0.25) is 0 Å². The fourth-order valence-corrected chi connectivity index (χ4v) is 1.06. The first kappa shape index (κ1) is 11.2. The maximum Gasteiger partial charge on any atom is 0.404 e. The van der Waals surface area contributed by atoms with Gasteiger partial charge in [0.05, 0.1) is 13.7 Å². The number of rotatable bonds is 5. The smallest absolute Gasteiger partial charge is 0.404 e. The summed E-state index contributed by atoms with van der Waals surface area (Å²) < 4.78 is 10.4. The van der Waals surface area contributed by atoms with Crippen LogP contribution in [-0.2, 0) is 0 Å². The first-order chi connectivity index (χ1) is 7.24. The van der Waals surface area contributed by atoms with E-state index >= 15 is 0 Å². The fourth-order valence-electron chi connectivity index (χ4n) is 1.06. The summed E-state index contributed by atoms with van der Waals surface area (Å²) in [4.78, 5) is 10.1. The third kappa shape index (κ3) is 3.76. The topological polar surface area (TPSA) is 67.8 Å². The third-order valence-corrected chi connectivity index (χ3v) is 1.70. The van der Waals surface area contributed by atoms with Crippen LogP contribution >= 0.6 is 0 Å². The van der Waals surface area contributed by atoms with Crippen LogP contribution in [0.1, 0.15) is 0 Å². The molecule has 0 fully saturated rings. The molecule has 1 rings (SSSR count). The molecule has 0 unspecified atom stereocenters. The Hall–Kier alpha value is -1.91. The predicted octanol–water partition coefficient (Wildman–Crippen LogP) is 1.34. The Morgan fingerprint density at radius 2 is 2.07 bits per heavy atom. The van der Waals surface area contributed by atoms with E-state index in [9.17, 15) is 4.79 Å². The maximum absolute atomic E-state index is 10.1. The second-order valence-corrected chi connectivity index (χ2v) is 2.73. The molecule has 1 amide bonds. The lowest BCUT2D eigenvalue weighted by atomic mass is 10.3. The van der Waals surface area contributed by atoms with E-state index in [1.165, 1.54) is 0 Å². The lowest BCUT2D eigenvalue weighted by Crippen LogP contribution is -2.26. The molecule has 0 bridgehead atoms. The fraction of sp³-hybridized carbons (Fsp3) is 0.300. The standard InChI is InChI=1S/C10H13NO4/c1-14-8-4-2-3-5-9(8)15-7-6-11-10(12)13/h2-5,11H,6-7H2,1H3,(H,12,13). The number of amides is 1. The van der Waals surface area contributed by atoms with Crippen molar-refractivity contribution in [3.8, 4) is 11.5 Å². The van der Waals surface area contributed by atoms with Crippen molar-refractivity contribution >= 4 is 6.09 Å². The van der Waals surface area contributed by atoms with Crippen LogP contribution < -0.4 is 14.8 Å². The Balaban J connectivity index is 2.39. The van der Waals surface area contributed by atoms with Gasteiger partial charge in [-0.15, -0.1) is 0 Å². The van der Waals surface area contributed by atoms with E-state index in [0.717, 1.165) is 0 Å². The molecule has 1 aromatic carbocycles. The van der Waals surface area contributed by atoms with Gasteiger partial charge in [0.15, 0.2) is 11.5 Å². The highest BCUT2D eigenvalue weighted by Crippen LogP contribution is 2.25. The van der Waals surface area contributed by atoms with Gasteiger partial charge in [0, 0.05) is 0 Å². The molecular weight excluding hydrogens is 198 g/mol. The van der Waals surface area contributed by atoms with Crippen molar-refractivity contribution in [2.24, 2.45) is 0 Å². The number of benzene rings is 1. The van der Waals surface area contributed by atoms with Gasteiger partial charge in [-0.3, -0.25) is 0 Å². The predicted molar refractivity (Wildman–Crippen MR) is 54.5 cm³/mol. The molecule has 2 N–H and O–H groups in total. The van der Waals surface area contributed by atoms with Crippen molar-refractivity contribution in [2.75, 3.05) is 20.3 Å². The van der Waals surface area contributed by atoms with Crippen molar-refractivity contribution in [1.29, 1.82) is 0 Å². The molecule has 0 saturated carbocycles. The molecule has 0 radical (unpaired) electrons. The van der Waals surface area contributed by atoms with Gasteiger partial charge in [0.25, 0.3) is 0 Å². The second-order valence-electron chi connectivity index (χ2n) is 2.73. The largest absolute Gasteiger partial charge is 0.493 e. The van der Waals surface area contributed by atoms with E-state index in [1.54, 1.807) is 19.2 Å². The minimum Gasteiger partial charge on any atom is -0.493 e. The highest BCUT2D eigenvalue weighted by molar-refractivity contribution is 5.64. The first-order valence-corrected chi connectivity index (χ1v) is 4.46. The van der Waals surface area contributed by atoms with Gasteiger partial charge < -0.3 is 19.9 Å². The van der Waals surface area contributed by atoms with E-state index in [0.29, 0.717) is 11.5 Å². The van der Waals surface area contributed by atoms with E-state index in [2.05, 4.69) is 5.32 Å². The molecule has 5 nitrogen and oxygen atoms in total. The summed E-state index contributed by atoms with van der Waals surface area (Å²) >= 11 is 0. The van der Waals surface area contributed by atoms with Crippen LogP contribution in [0.3, 0.4) is 0 Å². The zero-order valence-corrected chi connectivity index (χ0v) is 8.40. The number of carbonyl (C=O) groups is 1. The Morgan fingerprint density at radius 3 is 2.67 bits per heavy atom. The minimum atomic E-state index is -1.06. The van der Waals surface area contributed by atoms with Crippen LogP contribution in [0.4, 0.5) is 4.79 Å². The van der Waals surface area contributed by atoms with Crippen LogP contribution in [0, 0.1) is 0 Å². The summed E-state index contributed by atoms with van der Waals surface area (Å²) in [6.45, 7) is 0.514. The van der Waals surface area contributed by atoms with Gasteiger partial charge in [0.1, 0.15) is 6.61 Å². The van der Waals surface area contributed by atoms with Gasteiger partial charge in [-0.2, -0.15) is 0 Å². The second kappa shape index (κ2) is 5.74. The van der Waals surface area contributed by atoms with Crippen molar-refractivity contribution in [3.05, 3.63) is 24.3 Å². The number of hydrogen-bond acceptors (Lipinski definition) is 3. The number of hydrogen-bond donors (Lipinski definition) is 2. The maximum atomic E-state index is 10.1. The SMILES string of the molecule is COc1ccccc1OCCNC(=O)O. The van der Waals surface area contributed by atoms with E-state index in [4.69, 9.17) is 14.6 Å². The number of carboxylic acid groups (broad SMARTS) is 1. The third-order valence-electron chi connectivity index (χ3n) is 1.70. The summed E-state index contributed by atoms with van der Waals surface area (Å²) in [6, 6.07) is 7.20. The van der Waals surface area contributed by atoms with E-state index < -0.39 is 6.09 Å². The van der Waals surface area contributed by atoms with Gasteiger partial charge in [-0.1, -0.05) is 12.1 Å². The van der Waals surface area contributed by atoms with Crippen LogP contribution in [0.15, 0.2) is 24.3 Å². The normalized spacial score (nSPS) is 9.40. The Morgan fingerprint density at radius 1 is 1.40 bits per heavy atom. The highest BCUT2D eigenvalue weighted by atomic mass is 16.5. The molecule has 82 valence electrons. The molecule has 0 aliphatic carbocycles. The zero-order valence-electron chi connectivity index (χ0n) is 8.40. The van der Waals surface area contributed by atoms with Crippen molar-refractivity contribution in [1.82, 2.24) is 5.32 Å². The molecule has 5 heteroatoms.